The lowest BCUT2D eigenvalue weighted by molar-refractivity contribution is -0.141. The Morgan fingerprint density at radius 3 is 2.50 bits per heavy atom. The van der Waals surface area contributed by atoms with E-state index in [1.54, 1.807) is 18.2 Å². The van der Waals surface area contributed by atoms with E-state index >= 15 is 0 Å². The van der Waals surface area contributed by atoms with Crippen LogP contribution in [0.1, 0.15) is 29.5 Å². The van der Waals surface area contributed by atoms with E-state index in [2.05, 4.69) is 4.74 Å². The molecule has 0 radical (unpaired) electrons. The number of sulfonamides is 1. The van der Waals surface area contributed by atoms with E-state index in [9.17, 15) is 22.0 Å². The van der Waals surface area contributed by atoms with Crippen LogP contribution >= 0.6 is 0 Å². The molecule has 0 saturated heterocycles. The van der Waals surface area contributed by atoms with Gasteiger partial charge in [0.2, 0.25) is 0 Å². The fraction of sp³-hybridized carbons (Fsp3) is 0.250. The number of nitrogens with zero attached hydrogens (tertiary/aromatic N) is 1. The lowest BCUT2D eigenvalue weighted by Crippen LogP contribution is -2.43. The summed E-state index contributed by atoms with van der Waals surface area (Å²) >= 11 is 0. The van der Waals surface area contributed by atoms with Crippen LogP contribution in [0.3, 0.4) is 0 Å². The second-order valence-electron chi connectivity index (χ2n) is 8.72. The fourth-order valence-corrected chi connectivity index (χ4v) is 5.53. The highest BCUT2D eigenvalue weighted by Crippen LogP contribution is 2.39. The molecule has 0 bridgehead atoms. The van der Waals surface area contributed by atoms with Crippen LogP contribution in [0.4, 0.5) is 14.5 Å². The van der Waals surface area contributed by atoms with E-state index in [0.29, 0.717) is 11.4 Å². The number of rotatable bonds is 9. The Hall–Kier alpha value is -3.92. The zero-order chi connectivity index (χ0) is 27.3. The summed E-state index contributed by atoms with van der Waals surface area (Å²) in [5.74, 6) is -0.393. The molecule has 1 unspecified atom stereocenters. The number of alkyl halides is 2. The van der Waals surface area contributed by atoms with Gasteiger partial charge in [-0.3, -0.25) is 9.10 Å². The van der Waals surface area contributed by atoms with Crippen molar-refractivity contribution in [3.8, 4) is 11.5 Å². The van der Waals surface area contributed by atoms with Gasteiger partial charge in [0.25, 0.3) is 10.0 Å². The maximum atomic E-state index is 13.8. The maximum Gasteiger partial charge on any atom is 0.387 e. The zero-order valence-electron chi connectivity index (χ0n) is 20.8. The quantitative estimate of drug-likeness (QED) is 0.255. The number of hydrogen-bond donors (Lipinski definition) is 0. The molecule has 0 aromatic heterocycles. The lowest BCUT2D eigenvalue weighted by Gasteiger charge is -2.35. The molecule has 0 saturated carbocycles. The van der Waals surface area contributed by atoms with Crippen molar-refractivity contribution in [1.29, 1.82) is 0 Å². The minimum absolute atomic E-state index is 0.0411. The highest BCUT2D eigenvalue weighted by atomic mass is 32.2. The third-order valence-electron chi connectivity index (χ3n) is 5.98. The molecule has 0 fully saturated rings. The Labute approximate surface area is 220 Å². The predicted octanol–water partition coefficient (Wildman–Crippen LogP) is 5.68. The number of benzene rings is 3. The molecular weight excluding hydrogens is 516 g/mol. The van der Waals surface area contributed by atoms with Crippen LogP contribution in [-0.2, 0) is 19.6 Å². The molecule has 1 aliphatic rings. The number of ether oxygens (including phenoxy) is 3. The van der Waals surface area contributed by atoms with Crippen molar-refractivity contribution in [3.05, 3.63) is 83.4 Å². The fourth-order valence-electron chi connectivity index (χ4n) is 4.00. The highest BCUT2D eigenvalue weighted by Gasteiger charge is 2.35. The average Bonchev–Trinajstić information content (AvgIpc) is 2.90. The Balaban J connectivity index is 1.70. The molecule has 3 aromatic carbocycles. The standard InChI is InChI=1S/C28H27F2NO6S/c1-19-6-8-20(9-7-19)10-11-21-12-14-26-25(16-21)31(18-23(36-26)13-15-27(32)35-2)38(33,34)24-5-3-4-22(17-24)37-28(29)30/h3-12,14,16-17,23,28H,13,15,18H2,1-2H3/b11-10+. The first kappa shape index (κ1) is 27.1. The molecule has 1 heterocycles. The van der Waals surface area contributed by atoms with E-state index in [1.165, 1.54) is 29.6 Å². The van der Waals surface area contributed by atoms with Crippen LogP contribution in [0.15, 0.2) is 71.6 Å². The van der Waals surface area contributed by atoms with E-state index < -0.39 is 28.7 Å². The van der Waals surface area contributed by atoms with Crippen molar-refractivity contribution in [2.24, 2.45) is 0 Å². The van der Waals surface area contributed by atoms with E-state index in [0.717, 1.165) is 22.8 Å². The summed E-state index contributed by atoms with van der Waals surface area (Å²) in [7, 11) is -2.94. The summed E-state index contributed by atoms with van der Waals surface area (Å²) in [6, 6.07) is 18.1. The molecule has 3 aromatic rings. The van der Waals surface area contributed by atoms with Gasteiger partial charge in [0.05, 0.1) is 24.2 Å². The average molecular weight is 544 g/mol. The van der Waals surface area contributed by atoms with Crippen molar-refractivity contribution in [3.63, 3.8) is 0 Å². The molecular formula is C28H27F2NO6S. The summed E-state index contributed by atoms with van der Waals surface area (Å²) in [5, 5.41) is 0. The van der Waals surface area contributed by atoms with Crippen LogP contribution < -0.4 is 13.8 Å². The molecule has 0 spiro atoms. The van der Waals surface area contributed by atoms with Gasteiger partial charge in [0.1, 0.15) is 17.6 Å². The monoisotopic (exact) mass is 543 g/mol. The number of esters is 1. The maximum absolute atomic E-state index is 13.8. The van der Waals surface area contributed by atoms with Gasteiger partial charge in [0, 0.05) is 12.5 Å². The van der Waals surface area contributed by atoms with Gasteiger partial charge < -0.3 is 14.2 Å². The Bertz CT molecular complexity index is 1420. The molecule has 200 valence electrons. The molecule has 0 aliphatic carbocycles. The van der Waals surface area contributed by atoms with Crippen molar-refractivity contribution in [2.75, 3.05) is 18.0 Å². The largest absolute Gasteiger partial charge is 0.486 e. The van der Waals surface area contributed by atoms with Crippen molar-refractivity contribution in [1.82, 2.24) is 0 Å². The van der Waals surface area contributed by atoms with Gasteiger partial charge in [-0.25, -0.2) is 8.42 Å². The lowest BCUT2D eigenvalue weighted by atomic mass is 10.1. The molecule has 1 atom stereocenters. The number of anilines is 1. The molecule has 4 rings (SSSR count). The number of carbonyl (C=O) groups is 1. The summed E-state index contributed by atoms with van der Waals surface area (Å²) in [4.78, 5) is 11.5. The van der Waals surface area contributed by atoms with Crippen LogP contribution in [-0.4, -0.2) is 40.8 Å². The number of hydrogen-bond acceptors (Lipinski definition) is 6. The third-order valence-corrected chi connectivity index (χ3v) is 7.75. The predicted molar refractivity (Wildman–Crippen MR) is 140 cm³/mol. The van der Waals surface area contributed by atoms with Gasteiger partial charge in [0.15, 0.2) is 0 Å². The first-order valence-electron chi connectivity index (χ1n) is 11.9. The third kappa shape index (κ3) is 6.49. The summed E-state index contributed by atoms with van der Waals surface area (Å²) in [6.45, 7) is -1.18. The van der Waals surface area contributed by atoms with Crippen molar-refractivity contribution in [2.45, 2.75) is 37.4 Å². The number of fused-ring (bicyclic) bond motifs is 1. The summed E-state index contributed by atoms with van der Waals surface area (Å²) < 4.78 is 69.3. The van der Waals surface area contributed by atoms with Gasteiger partial charge in [-0.05, 0) is 48.7 Å². The number of halogens is 2. The number of methoxy groups -OCH3 is 1. The molecule has 38 heavy (non-hydrogen) atoms. The topological polar surface area (TPSA) is 82.1 Å². The van der Waals surface area contributed by atoms with Gasteiger partial charge in [-0.2, -0.15) is 8.78 Å². The van der Waals surface area contributed by atoms with Crippen LogP contribution in [0.5, 0.6) is 11.5 Å². The molecule has 10 heteroatoms. The van der Waals surface area contributed by atoms with Crippen molar-refractivity contribution < 1.29 is 36.2 Å². The second kappa shape index (κ2) is 11.6. The van der Waals surface area contributed by atoms with E-state index in [-0.39, 0.29) is 30.0 Å². The van der Waals surface area contributed by atoms with Gasteiger partial charge in [-0.1, -0.05) is 54.1 Å². The first-order valence-corrected chi connectivity index (χ1v) is 13.3. The molecule has 1 aliphatic heterocycles. The summed E-state index contributed by atoms with van der Waals surface area (Å²) in [5.41, 5.74) is 3.15. The SMILES string of the molecule is COC(=O)CCC1CN(S(=O)(=O)c2cccc(OC(F)F)c2)c2cc(/C=C/c3ccc(C)cc3)ccc2O1. The Kier molecular flexibility index (Phi) is 8.31. The van der Waals surface area contributed by atoms with Crippen LogP contribution in [0.25, 0.3) is 12.2 Å². The number of carbonyl (C=O) groups excluding carboxylic acids is 1. The number of aryl methyl sites for hydroxylation is 1. The zero-order valence-corrected chi connectivity index (χ0v) is 21.7. The Morgan fingerprint density at radius 1 is 1.08 bits per heavy atom. The highest BCUT2D eigenvalue weighted by molar-refractivity contribution is 7.92. The minimum Gasteiger partial charge on any atom is -0.486 e. The molecule has 0 amide bonds. The summed E-state index contributed by atoms with van der Waals surface area (Å²) in [6.07, 6.45) is 3.40. The van der Waals surface area contributed by atoms with Gasteiger partial charge >= 0.3 is 12.6 Å². The van der Waals surface area contributed by atoms with Crippen LogP contribution in [0, 0.1) is 6.92 Å². The smallest absolute Gasteiger partial charge is 0.387 e. The first-order chi connectivity index (χ1) is 18.2. The van der Waals surface area contributed by atoms with E-state index in [4.69, 9.17) is 9.47 Å². The molecule has 7 nitrogen and oxygen atoms in total. The van der Waals surface area contributed by atoms with Crippen molar-refractivity contribution >= 4 is 33.8 Å². The Morgan fingerprint density at radius 2 is 1.79 bits per heavy atom. The normalized spacial score (nSPS) is 15.3. The molecule has 0 N–H and O–H groups in total. The van der Waals surface area contributed by atoms with Crippen LogP contribution in [0.2, 0.25) is 0 Å². The second-order valence-corrected chi connectivity index (χ2v) is 10.6. The van der Waals surface area contributed by atoms with E-state index in [1.807, 2.05) is 43.3 Å². The minimum atomic E-state index is -4.21. The van der Waals surface area contributed by atoms with Gasteiger partial charge in [-0.15, -0.1) is 0 Å².